The summed E-state index contributed by atoms with van der Waals surface area (Å²) >= 11 is 0. The second-order valence-electron chi connectivity index (χ2n) is 8.43. The number of carbonyl (C=O) groups is 1. The Morgan fingerprint density at radius 1 is 0.882 bits per heavy atom. The molecule has 0 bridgehead atoms. The molecule has 172 valence electrons. The number of hydrogen-bond donors (Lipinski definition) is 1. The molecule has 1 aliphatic rings. The van der Waals surface area contributed by atoms with Gasteiger partial charge in [0, 0.05) is 29.7 Å². The van der Waals surface area contributed by atoms with Gasteiger partial charge in [-0.25, -0.2) is 13.4 Å². The standard InChI is InChI=1S/C27H25N3O3S/c1-19-25(23-11-5-6-12-24(23)29-26(19)20-9-3-2-4-10-20)27(31)28-21-13-15-22(16-14-21)34(32,33)30-17-7-8-18-30/h2-6,9-16H,7-8,17-18H2,1H3,(H,28,31). The van der Waals surface area contributed by atoms with Crippen molar-refractivity contribution < 1.29 is 13.2 Å². The topological polar surface area (TPSA) is 79.4 Å². The number of nitrogens with zero attached hydrogens (tertiary/aromatic N) is 2. The summed E-state index contributed by atoms with van der Waals surface area (Å²) in [5.41, 5.74) is 4.32. The number of hydrogen-bond acceptors (Lipinski definition) is 4. The summed E-state index contributed by atoms with van der Waals surface area (Å²) in [7, 11) is -3.50. The molecule has 1 aliphatic heterocycles. The van der Waals surface area contributed by atoms with E-state index in [4.69, 9.17) is 4.98 Å². The van der Waals surface area contributed by atoms with Crippen molar-refractivity contribution >= 4 is 32.5 Å². The summed E-state index contributed by atoms with van der Waals surface area (Å²) in [5.74, 6) is -0.261. The number of carbonyl (C=O) groups excluding carboxylic acids is 1. The molecule has 5 rings (SSSR count). The Balaban J connectivity index is 1.49. The molecule has 2 heterocycles. The summed E-state index contributed by atoms with van der Waals surface area (Å²) in [6.07, 6.45) is 1.77. The Morgan fingerprint density at radius 2 is 1.53 bits per heavy atom. The fourth-order valence-corrected chi connectivity index (χ4v) is 5.98. The van der Waals surface area contributed by atoms with Gasteiger partial charge in [0.1, 0.15) is 0 Å². The fourth-order valence-electron chi connectivity index (χ4n) is 4.46. The van der Waals surface area contributed by atoms with Crippen LogP contribution in [-0.4, -0.2) is 36.7 Å². The largest absolute Gasteiger partial charge is 0.322 e. The maximum atomic E-state index is 13.5. The van der Waals surface area contributed by atoms with E-state index in [1.54, 1.807) is 24.3 Å². The van der Waals surface area contributed by atoms with Crippen LogP contribution in [-0.2, 0) is 10.0 Å². The van der Waals surface area contributed by atoms with Crippen molar-refractivity contribution in [2.24, 2.45) is 0 Å². The number of anilines is 1. The number of nitrogens with one attached hydrogen (secondary N) is 1. The van der Waals surface area contributed by atoms with Crippen LogP contribution in [0.3, 0.4) is 0 Å². The molecule has 1 saturated heterocycles. The molecule has 0 aliphatic carbocycles. The molecule has 4 aromatic rings. The van der Waals surface area contributed by atoms with Crippen molar-refractivity contribution in [2.45, 2.75) is 24.7 Å². The molecule has 3 aromatic carbocycles. The third kappa shape index (κ3) is 4.08. The molecular formula is C27H25N3O3S. The van der Waals surface area contributed by atoms with E-state index in [0.29, 0.717) is 24.3 Å². The molecule has 34 heavy (non-hydrogen) atoms. The first-order valence-corrected chi connectivity index (χ1v) is 12.8. The maximum Gasteiger partial charge on any atom is 0.256 e. The van der Waals surface area contributed by atoms with Crippen molar-refractivity contribution in [2.75, 3.05) is 18.4 Å². The van der Waals surface area contributed by atoms with Crippen LogP contribution in [0, 0.1) is 6.92 Å². The molecule has 0 atom stereocenters. The lowest BCUT2D eigenvalue weighted by atomic mass is 9.97. The first-order valence-electron chi connectivity index (χ1n) is 11.3. The van der Waals surface area contributed by atoms with Gasteiger partial charge < -0.3 is 5.32 Å². The van der Waals surface area contributed by atoms with Crippen molar-refractivity contribution in [1.29, 1.82) is 0 Å². The Morgan fingerprint density at radius 3 is 2.24 bits per heavy atom. The molecule has 1 aromatic heterocycles. The van der Waals surface area contributed by atoms with E-state index >= 15 is 0 Å². The molecule has 0 unspecified atom stereocenters. The van der Waals surface area contributed by atoms with Crippen LogP contribution in [0.25, 0.3) is 22.2 Å². The summed E-state index contributed by atoms with van der Waals surface area (Å²) in [5, 5.41) is 3.71. The van der Waals surface area contributed by atoms with Gasteiger partial charge >= 0.3 is 0 Å². The minimum atomic E-state index is -3.50. The first-order chi connectivity index (χ1) is 16.4. The highest BCUT2D eigenvalue weighted by Gasteiger charge is 2.27. The van der Waals surface area contributed by atoms with Crippen molar-refractivity contribution in [3.05, 3.63) is 90.0 Å². The van der Waals surface area contributed by atoms with Gasteiger partial charge in [0.25, 0.3) is 5.91 Å². The molecule has 1 N–H and O–H groups in total. The summed E-state index contributed by atoms with van der Waals surface area (Å²) in [6.45, 7) is 3.01. The lowest BCUT2D eigenvalue weighted by Crippen LogP contribution is -2.27. The van der Waals surface area contributed by atoms with Crippen molar-refractivity contribution in [3.63, 3.8) is 0 Å². The van der Waals surface area contributed by atoms with E-state index in [2.05, 4.69) is 5.32 Å². The normalized spacial score (nSPS) is 14.4. The number of amides is 1. The average molecular weight is 472 g/mol. The third-order valence-electron chi connectivity index (χ3n) is 6.23. The number of rotatable bonds is 5. The molecule has 0 radical (unpaired) electrons. The van der Waals surface area contributed by atoms with E-state index in [0.717, 1.165) is 40.6 Å². The van der Waals surface area contributed by atoms with Crippen LogP contribution in [0.1, 0.15) is 28.8 Å². The van der Waals surface area contributed by atoms with E-state index < -0.39 is 10.0 Å². The van der Waals surface area contributed by atoms with Crippen molar-refractivity contribution in [1.82, 2.24) is 9.29 Å². The second-order valence-corrected chi connectivity index (χ2v) is 10.4. The smallest absolute Gasteiger partial charge is 0.256 e. The van der Waals surface area contributed by atoms with E-state index in [1.165, 1.54) is 4.31 Å². The average Bonchev–Trinajstić information content (AvgIpc) is 3.41. The number of para-hydroxylation sites is 1. The highest BCUT2D eigenvalue weighted by molar-refractivity contribution is 7.89. The molecule has 1 fully saturated rings. The third-order valence-corrected chi connectivity index (χ3v) is 8.14. The Labute approximate surface area is 199 Å². The fraction of sp³-hybridized carbons (Fsp3) is 0.185. The van der Waals surface area contributed by atoms with Gasteiger partial charge in [-0.05, 0) is 55.7 Å². The summed E-state index contributed by atoms with van der Waals surface area (Å²) in [4.78, 5) is 18.5. The lowest BCUT2D eigenvalue weighted by molar-refractivity contribution is 0.102. The second kappa shape index (κ2) is 9.00. The lowest BCUT2D eigenvalue weighted by Gasteiger charge is -2.16. The minimum Gasteiger partial charge on any atom is -0.322 e. The first kappa shape index (κ1) is 22.3. The molecular weight excluding hydrogens is 446 g/mol. The number of aromatic nitrogens is 1. The van der Waals surface area contributed by atoms with Crippen LogP contribution in [0.4, 0.5) is 5.69 Å². The summed E-state index contributed by atoms with van der Waals surface area (Å²) < 4.78 is 27.1. The predicted molar refractivity (Wildman–Crippen MR) is 134 cm³/mol. The van der Waals surface area contributed by atoms with Gasteiger partial charge in [-0.15, -0.1) is 0 Å². The van der Waals surface area contributed by atoms with Gasteiger partial charge in [0.05, 0.1) is 21.7 Å². The quantitative estimate of drug-likeness (QED) is 0.431. The zero-order valence-corrected chi connectivity index (χ0v) is 19.7. The SMILES string of the molecule is Cc1c(-c2ccccc2)nc2ccccc2c1C(=O)Nc1ccc(S(=O)(=O)N2CCCC2)cc1. The van der Waals surface area contributed by atoms with Crippen LogP contribution in [0.2, 0.25) is 0 Å². The summed E-state index contributed by atoms with van der Waals surface area (Å²) in [6, 6.07) is 23.8. The monoisotopic (exact) mass is 471 g/mol. The number of pyridine rings is 1. The highest BCUT2D eigenvalue weighted by Crippen LogP contribution is 2.30. The van der Waals surface area contributed by atoms with Crippen LogP contribution >= 0.6 is 0 Å². The van der Waals surface area contributed by atoms with E-state index in [9.17, 15) is 13.2 Å². The van der Waals surface area contributed by atoms with Crippen LogP contribution in [0.5, 0.6) is 0 Å². The number of fused-ring (bicyclic) bond motifs is 1. The molecule has 0 spiro atoms. The Kier molecular flexibility index (Phi) is 5.89. The Hall–Kier alpha value is -3.55. The van der Waals surface area contributed by atoms with Crippen LogP contribution < -0.4 is 5.32 Å². The highest BCUT2D eigenvalue weighted by atomic mass is 32.2. The minimum absolute atomic E-state index is 0.240. The maximum absolute atomic E-state index is 13.5. The molecule has 6 nitrogen and oxygen atoms in total. The van der Waals surface area contributed by atoms with Gasteiger partial charge in [-0.3, -0.25) is 4.79 Å². The van der Waals surface area contributed by atoms with Gasteiger partial charge in [0.2, 0.25) is 10.0 Å². The molecule has 1 amide bonds. The number of sulfonamides is 1. The number of benzene rings is 3. The zero-order valence-electron chi connectivity index (χ0n) is 18.9. The molecule has 7 heteroatoms. The predicted octanol–water partition coefficient (Wildman–Crippen LogP) is 5.25. The van der Waals surface area contributed by atoms with Crippen molar-refractivity contribution in [3.8, 4) is 11.3 Å². The van der Waals surface area contributed by atoms with Gasteiger partial charge in [0.15, 0.2) is 0 Å². The molecule has 0 saturated carbocycles. The van der Waals surface area contributed by atoms with E-state index in [1.807, 2.05) is 61.5 Å². The Bertz CT molecular complexity index is 1460. The van der Waals surface area contributed by atoms with Gasteiger partial charge in [-0.2, -0.15) is 4.31 Å². The zero-order chi connectivity index (χ0) is 23.7. The van der Waals surface area contributed by atoms with Gasteiger partial charge in [-0.1, -0.05) is 48.5 Å². The van der Waals surface area contributed by atoms with E-state index in [-0.39, 0.29) is 10.8 Å². The van der Waals surface area contributed by atoms with Crippen LogP contribution in [0.15, 0.2) is 83.8 Å².